The fourth-order valence-corrected chi connectivity index (χ4v) is 4.52. The number of benzene rings is 1. The van der Waals surface area contributed by atoms with Crippen molar-refractivity contribution in [2.24, 2.45) is 0 Å². The number of esters is 2. The zero-order valence-corrected chi connectivity index (χ0v) is 18.8. The van der Waals surface area contributed by atoms with Crippen molar-refractivity contribution in [3.63, 3.8) is 0 Å². The largest absolute Gasteiger partial charge is 0.497 e. The minimum Gasteiger partial charge on any atom is -0.497 e. The molecule has 0 radical (unpaired) electrons. The Morgan fingerprint density at radius 3 is 2.42 bits per heavy atom. The van der Waals surface area contributed by atoms with Gasteiger partial charge in [0.1, 0.15) is 15.6 Å². The summed E-state index contributed by atoms with van der Waals surface area (Å²) in [4.78, 5) is 25.0. The zero-order valence-electron chi connectivity index (χ0n) is 17.2. The van der Waals surface area contributed by atoms with E-state index in [4.69, 9.17) is 24.4 Å². The van der Waals surface area contributed by atoms with Gasteiger partial charge in [0, 0.05) is 16.9 Å². The average Bonchev–Trinajstić information content (AvgIpc) is 3.37. The third-order valence-corrected chi connectivity index (χ3v) is 5.94. The van der Waals surface area contributed by atoms with Crippen LogP contribution in [-0.2, 0) is 15.2 Å². The van der Waals surface area contributed by atoms with Crippen molar-refractivity contribution in [2.75, 3.05) is 26.1 Å². The highest BCUT2D eigenvalue weighted by Crippen LogP contribution is 2.37. The highest BCUT2D eigenvalue weighted by Gasteiger charge is 2.28. The van der Waals surface area contributed by atoms with Crippen LogP contribution in [0, 0.1) is 0 Å². The summed E-state index contributed by atoms with van der Waals surface area (Å²) in [5.74, 6) is 0.110. The number of carbonyl (C=O) groups is 2. The lowest BCUT2D eigenvalue weighted by molar-refractivity contribution is 0.0527. The summed E-state index contributed by atoms with van der Waals surface area (Å²) >= 11 is 2.17. The van der Waals surface area contributed by atoms with Gasteiger partial charge in [-0.3, -0.25) is 0 Å². The molecular weight excluding hydrogens is 442 g/mol. The molecule has 2 N–H and O–H groups in total. The first-order chi connectivity index (χ1) is 15.0. The van der Waals surface area contributed by atoms with Gasteiger partial charge in [-0.05, 0) is 38.1 Å². The minimum absolute atomic E-state index is 0.164. The molecule has 1 aromatic carbocycles. The standard InChI is InChI=1S/C20H21N3O6S2/c1-4-27-18(24)14-13(15(31-16(14)21)19(25)28-5-2)10-30-20-23-22-17(29-20)11-6-8-12(26-3)9-7-11/h6-9H,4-5,10,21H2,1-3H3. The average molecular weight is 464 g/mol. The second-order valence-corrected chi connectivity index (χ2v) is 7.96. The Bertz CT molecular complexity index is 1060. The number of hydrogen-bond donors (Lipinski definition) is 1. The van der Waals surface area contributed by atoms with Crippen LogP contribution < -0.4 is 10.5 Å². The summed E-state index contributed by atoms with van der Waals surface area (Å²) in [6, 6.07) is 7.19. The SMILES string of the molecule is CCOC(=O)c1sc(N)c(C(=O)OCC)c1CSc1nnc(-c2ccc(OC)cc2)o1. The molecule has 3 rings (SSSR count). The molecular formula is C20H21N3O6S2. The van der Waals surface area contributed by atoms with Gasteiger partial charge in [0.15, 0.2) is 0 Å². The molecule has 0 saturated heterocycles. The number of rotatable bonds is 9. The monoisotopic (exact) mass is 463 g/mol. The molecule has 0 bridgehead atoms. The third kappa shape index (κ3) is 5.17. The number of anilines is 1. The molecule has 0 aliphatic carbocycles. The predicted molar refractivity (Wildman–Crippen MR) is 116 cm³/mol. The Morgan fingerprint density at radius 2 is 1.77 bits per heavy atom. The maximum atomic E-state index is 12.4. The van der Waals surface area contributed by atoms with Crippen LogP contribution in [0.15, 0.2) is 33.9 Å². The minimum atomic E-state index is -0.591. The number of hydrogen-bond acceptors (Lipinski definition) is 11. The van der Waals surface area contributed by atoms with Crippen molar-refractivity contribution in [3.05, 3.63) is 40.3 Å². The van der Waals surface area contributed by atoms with Crippen molar-refractivity contribution in [1.29, 1.82) is 0 Å². The van der Waals surface area contributed by atoms with Crippen LogP contribution in [-0.4, -0.2) is 42.5 Å². The van der Waals surface area contributed by atoms with Gasteiger partial charge in [0.05, 0.1) is 25.9 Å². The van der Waals surface area contributed by atoms with Crippen LogP contribution in [0.1, 0.15) is 39.4 Å². The summed E-state index contributed by atoms with van der Waals surface area (Å²) in [7, 11) is 1.59. The lowest BCUT2D eigenvalue weighted by Gasteiger charge is -2.06. The lowest BCUT2D eigenvalue weighted by Crippen LogP contribution is -2.11. The number of thiophene rings is 1. The normalized spacial score (nSPS) is 10.7. The number of nitrogen functional groups attached to an aromatic ring is 1. The molecule has 0 amide bonds. The van der Waals surface area contributed by atoms with Gasteiger partial charge in [-0.15, -0.1) is 21.5 Å². The molecule has 0 aliphatic heterocycles. The molecule has 9 nitrogen and oxygen atoms in total. The Kier molecular flexibility index (Phi) is 7.53. The summed E-state index contributed by atoms with van der Waals surface area (Å²) < 4.78 is 21.0. The molecule has 0 spiro atoms. The zero-order chi connectivity index (χ0) is 22.4. The number of nitrogens with two attached hydrogens (primary N) is 1. The van der Waals surface area contributed by atoms with Gasteiger partial charge in [0.25, 0.3) is 5.22 Å². The summed E-state index contributed by atoms with van der Waals surface area (Å²) in [5.41, 5.74) is 7.34. The number of methoxy groups -OCH3 is 1. The van der Waals surface area contributed by atoms with Crippen LogP contribution in [0.3, 0.4) is 0 Å². The smallest absolute Gasteiger partial charge is 0.348 e. The molecule has 3 aromatic rings. The fraction of sp³-hybridized carbons (Fsp3) is 0.300. The van der Waals surface area contributed by atoms with Gasteiger partial charge in [0.2, 0.25) is 5.89 Å². The van der Waals surface area contributed by atoms with Crippen LogP contribution in [0.2, 0.25) is 0 Å². The number of thioether (sulfide) groups is 1. The first-order valence-electron chi connectivity index (χ1n) is 9.34. The summed E-state index contributed by atoms with van der Waals surface area (Å²) in [6.07, 6.45) is 0. The van der Waals surface area contributed by atoms with Crippen LogP contribution in [0.4, 0.5) is 5.00 Å². The van der Waals surface area contributed by atoms with Crippen LogP contribution >= 0.6 is 23.1 Å². The fourth-order valence-electron chi connectivity index (χ4n) is 2.66. The molecule has 31 heavy (non-hydrogen) atoms. The Hall–Kier alpha value is -3.05. The van der Waals surface area contributed by atoms with E-state index in [0.29, 0.717) is 17.2 Å². The van der Waals surface area contributed by atoms with E-state index in [2.05, 4.69) is 10.2 Å². The van der Waals surface area contributed by atoms with E-state index in [9.17, 15) is 9.59 Å². The third-order valence-electron chi connectivity index (χ3n) is 4.06. The summed E-state index contributed by atoms with van der Waals surface area (Å²) in [5, 5.41) is 8.56. The molecule has 11 heteroatoms. The first-order valence-corrected chi connectivity index (χ1v) is 11.1. The molecule has 2 heterocycles. The Labute approximate surface area is 186 Å². The molecule has 0 fully saturated rings. The van der Waals surface area contributed by atoms with Crippen molar-refractivity contribution in [2.45, 2.75) is 24.8 Å². The lowest BCUT2D eigenvalue weighted by atomic mass is 10.1. The number of aromatic nitrogens is 2. The summed E-state index contributed by atoms with van der Waals surface area (Å²) in [6.45, 7) is 3.78. The first kappa shape index (κ1) is 22.6. The van der Waals surface area contributed by atoms with E-state index in [1.807, 2.05) is 0 Å². The molecule has 164 valence electrons. The van der Waals surface area contributed by atoms with E-state index < -0.39 is 11.9 Å². The predicted octanol–water partition coefficient (Wildman–Crippen LogP) is 4.03. The quantitative estimate of drug-likeness (QED) is 0.367. The van der Waals surface area contributed by atoms with E-state index in [1.54, 1.807) is 45.2 Å². The van der Waals surface area contributed by atoms with E-state index in [0.717, 1.165) is 16.9 Å². The van der Waals surface area contributed by atoms with Gasteiger partial charge in [-0.1, -0.05) is 11.8 Å². The Morgan fingerprint density at radius 1 is 1.10 bits per heavy atom. The number of nitrogens with zero attached hydrogens (tertiary/aromatic N) is 2. The van der Waals surface area contributed by atoms with E-state index >= 15 is 0 Å². The maximum Gasteiger partial charge on any atom is 0.348 e. The molecule has 0 unspecified atom stereocenters. The van der Waals surface area contributed by atoms with E-state index in [1.165, 1.54) is 11.8 Å². The maximum absolute atomic E-state index is 12.4. The van der Waals surface area contributed by atoms with Crippen molar-refractivity contribution in [1.82, 2.24) is 10.2 Å². The Balaban J connectivity index is 1.84. The number of ether oxygens (including phenoxy) is 3. The number of carbonyl (C=O) groups excluding carboxylic acids is 2. The van der Waals surface area contributed by atoms with Crippen molar-refractivity contribution in [3.8, 4) is 17.2 Å². The van der Waals surface area contributed by atoms with Gasteiger partial charge >= 0.3 is 11.9 Å². The molecule has 2 aromatic heterocycles. The van der Waals surface area contributed by atoms with Crippen molar-refractivity contribution >= 4 is 40.0 Å². The van der Waals surface area contributed by atoms with Gasteiger partial charge < -0.3 is 24.4 Å². The highest BCUT2D eigenvalue weighted by molar-refractivity contribution is 7.98. The van der Waals surface area contributed by atoms with Crippen LogP contribution in [0.5, 0.6) is 5.75 Å². The second-order valence-electron chi connectivity index (χ2n) is 5.98. The van der Waals surface area contributed by atoms with Crippen molar-refractivity contribution < 1.29 is 28.2 Å². The molecule has 0 aliphatic rings. The highest BCUT2D eigenvalue weighted by atomic mass is 32.2. The molecule has 0 atom stereocenters. The van der Waals surface area contributed by atoms with E-state index in [-0.39, 0.29) is 39.6 Å². The van der Waals surface area contributed by atoms with Crippen LogP contribution in [0.25, 0.3) is 11.5 Å². The van der Waals surface area contributed by atoms with Gasteiger partial charge in [-0.2, -0.15) is 0 Å². The topological polar surface area (TPSA) is 127 Å². The second kappa shape index (κ2) is 10.3. The van der Waals surface area contributed by atoms with Gasteiger partial charge in [-0.25, -0.2) is 9.59 Å². The molecule has 0 saturated carbocycles.